The number of nitrogens with one attached hydrogen (secondary N) is 2. The third kappa shape index (κ3) is 4.32. The van der Waals surface area contributed by atoms with Gasteiger partial charge in [-0.3, -0.25) is 9.89 Å². The first-order valence-electron chi connectivity index (χ1n) is 9.35. The molecule has 10 heteroatoms. The summed E-state index contributed by atoms with van der Waals surface area (Å²) < 4.78 is 14.8. The molecule has 0 saturated carbocycles. The Labute approximate surface area is 181 Å². The number of hydrogen-bond donors (Lipinski definition) is 3. The van der Waals surface area contributed by atoms with Crippen molar-refractivity contribution in [2.75, 3.05) is 11.9 Å². The van der Waals surface area contributed by atoms with Crippen molar-refractivity contribution in [3.63, 3.8) is 0 Å². The van der Waals surface area contributed by atoms with Crippen molar-refractivity contribution in [1.82, 2.24) is 24.7 Å². The zero-order valence-corrected chi connectivity index (χ0v) is 17.1. The van der Waals surface area contributed by atoms with E-state index in [0.717, 1.165) is 11.4 Å². The van der Waals surface area contributed by atoms with E-state index in [9.17, 15) is 14.3 Å². The summed E-state index contributed by atoms with van der Waals surface area (Å²) in [6.07, 6.45) is 4.84. The molecule has 4 rings (SSSR count). The molecule has 0 bridgehead atoms. The molecule has 3 heterocycles. The van der Waals surface area contributed by atoms with Gasteiger partial charge in [-0.05, 0) is 36.8 Å². The van der Waals surface area contributed by atoms with E-state index in [4.69, 9.17) is 11.6 Å². The van der Waals surface area contributed by atoms with E-state index in [1.165, 1.54) is 28.8 Å². The first-order valence-corrected chi connectivity index (χ1v) is 9.73. The van der Waals surface area contributed by atoms with Crippen molar-refractivity contribution < 1.29 is 9.50 Å². The fraction of sp³-hybridized carbons (Fsp3) is 0.143. The Hall–Kier alpha value is -3.56. The van der Waals surface area contributed by atoms with Crippen LogP contribution in [0.25, 0.3) is 11.3 Å². The van der Waals surface area contributed by atoms with E-state index in [1.54, 1.807) is 30.7 Å². The van der Waals surface area contributed by atoms with Crippen molar-refractivity contribution in [3.8, 4) is 11.3 Å². The molecule has 0 saturated heterocycles. The normalized spacial score (nSPS) is 12.0. The number of hydrogen-bond acceptors (Lipinski definition) is 6. The Bertz CT molecular complexity index is 1290. The molecule has 4 aromatic rings. The number of aliphatic hydroxyl groups is 1. The zero-order chi connectivity index (χ0) is 22.0. The minimum Gasteiger partial charge on any atom is -0.394 e. The number of aliphatic hydroxyl groups excluding tert-OH is 1. The van der Waals surface area contributed by atoms with E-state index in [0.29, 0.717) is 22.8 Å². The third-order valence-electron chi connectivity index (χ3n) is 4.81. The largest absolute Gasteiger partial charge is 0.394 e. The van der Waals surface area contributed by atoms with Crippen LogP contribution in [0.5, 0.6) is 0 Å². The molecule has 3 aromatic heterocycles. The van der Waals surface area contributed by atoms with Gasteiger partial charge in [0.05, 0.1) is 34.7 Å². The minimum absolute atomic E-state index is 0.0745. The Morgan fingerprint density at radius 1 is 1.29 bits per heavy atom. The highest BCUT2D eigenvalue weighted by molar-refractivity contribution is 6.30. The Kier molecular flexibility index (Phi) is 5.79. The Balaban J connectivity index is 1.64. The Morgan fingerprint density at radius 2 is 2.13 bits per heavy atom. The van der Waals surface area contributed by atoms with Gasteiger partial charge in [-0.15, -0.1) is 0 Å². The predicted octanol–water partition coefficient (Wildman–Crippen LogP) is 3.45. The van der Waals surface area contributed by atoms with Crippen molar-refractivity contribution in [3.05, 3.63) is 87.4 Å². The summed E-state index contributed by atoms with van der Waals surface area (Å²) in [6, 6.07) is 8.22. The van der Waals surface area contributed by atoms with Gasteiger partial charge in [0, 0.05) is 30.2 Å². The molecule has 1 atom stereocenters. The maximum absolute atomic E-state index is 13.5. The number of halogens is 2. The van der Waals surface area contributed by atoms with Crippen molar-refractivity contribution in [2.24, 2.45) is 0 Å². The first-order chi connectivity index (χ1) is 15.0. The van der Waals surface area contributed by atoms with Gasteiger partial charge in [0.1, 0.15) is 5.82 Å². The lowest BCUT2D eigenvalue weighted by atomic mass is 10.1. The van der Waals surface area contributed by atoms with Gasteiger partial charge < -0.3 is 15.0 Å². The molecular weight excluding hydrogens is 423 g/mol. The molecule has 1 aromatic carbocycles. The topological polar surface area (TPSA) is 109 Å². The second-order valence-corrected chi connectivity index (χ2v) is 7.21. The van der Waals surface area contributed by atoms with Gasteiger partial charge in [-0.25, -0.2) is 14.4 Å². The monoisotopic (exact) mass is 440 g/mol. The van der Waals surface area contributed by atoms with Crippen LogP contribution >= 0.6 is 11.6 Å². The number of aryl methyl sites for hydroxylation is 1. The molecule has 8 nitrogen and oxygen atoms in total. The van der Waals surface area contributed by atoms with Gasteiger partial charge in [-0.2, -0.15) is 5.10 Å². The zero-order valence-electron chi connectivity index (χ0n) is 16.4. The summed E-state index contributed by atoms with van der Waals surface area (Å²) >= 11 is 5.85. The lowest BCUT2D eigenvalue weighted by Crippen LogP contribution is -2.26. The highest BCUT2D eigenvalue weighted by Crippen LogP contribution is 2.24. The van der Waals surface area contributed by atoms with Gasteiger partial charge >= 0.3 is 0 Å². The summed E-state index contributed by atoms with van der Waals surface area (Å²) in [7, 11) is 0. The maximum Gasteiger partial charge on any atom is 0.251 e. The number of aromatic amines is 1. The summed E-state index contributed by atoms with van der Waals surface area (Å²) in [5.41, 5.74) is 2.82. The number of anilines is 2. The van der Waals surface area contributed by atoms with Crippen LogP contribution in [0.4, 0.5) is 16.0 Å². The third-order valence-corrected chi connectivity index (χ3v) is 5.10. The maximum atomic E-state index is 13.5. The fourth-order valence-corrected chi connectivity index (χ4v) is 3.35. The average molecular weight is 441 g/mol. The molecule has 0 fully saturated rings. The van der Waals surface area contributed by atoms with Gasteiger partial charge in [0.25, 0.3) is 5.56 Å². The average Bonchev–Trinajstić information content (AvgIpc) is 3.16. The van der Waals surface area contributed by atoms with E-state index in [1.807, 2.05) is 6.92 Å². The number of pyridine rings is 1. The van der Waals surface area contributed by atoms with Gasteiger partial charge in [-0.1, -0.05) is 17.7 Å². The number of rotatable bonds is 6. The van der Waals surface area contributed by atoms with Gasteiger partial charge in [0.15, 0.2) is 0 Å². The van der Waals surface area contributed by atoms with Crippen LogP contribution in [0.15, 0.2) is 59.8 Å². The predicted molar refractivity (Wildman–Crippen MR) is 115 cm³/mol. The van der Waals surface area contributed by atoms with Crippen LogP contribution in [-0.4, -0.2) is 36.4 Å². The first kappa shape index (κ1) is 20.7. The van der Waals surface area contributed by atoms with Crippen molar-refractivity contribution >= 4 is 23.2 Å². The lowest BCUT2D eigenvalue weighted by Gasteiger charge is -2.18. The minimum atomic E-state index is -0.702. The SMILES string of the molecule is Cc1n[nH]cc1Nc1nccc(-c2ccn(C(CO)c3ccc(F)c(Cl)c3)c(=O)c2)n1. The number of nitrogens with zero attached hydrogens (tertiary/aromatic N) is 4. The van der Waals surface area contributed by atoms with E-state index < -0.39 is 11.9 Å². The molecule has 0 aliphatic heterocycles. The summed E-state index contributed by atoms with van der Waals surface area (Å²) in [4.78, 5) is 21.4. The van der Waals surface area contributed by atoms with E-state index >= 15 is 0 Å². The molecule has 0 aliphatic rings. The number of H-pyrrole nitrogens is 1. The van der Waals surface area contributed by atoms with Crippen LogP contribution < -0.4 is 10.9 Å². The molecule has 0 aliphatic carbocycles. The molecule has 1 unspecified atom stereocenters. The van der Waals surface area contributed by atoms with Crippen LogP contribution in [0.1, 0.15) is 17.3 Å². The summed E-state index contributed by atoms with van der Waals surface area (Å²) in [6.45, 7) is 1.49. The lowest BCUT2D eigenvalue weighted by molar-refractivity contribution is 0.247. The quantitative estimate of drug-likeness (QED) is 0.423. The molecule has 0 amide bonds. The van der Waals surface area contributed by atoms with E-state index in [2.05, 4.69) is 25.5 Å². The van der Waals surface area contributed by atoms with Crippen molar-refractivity contribution in [2.45, 2.75) is 13.0 Å². The number of aromatic nitrogens is 5. The van der Waals surface area contributed by atoms with Crippen LogP contribution in [0.2, 0.25) is 5.02 Å². The van der Waals surface area contributed by atoms with E-state index in [-0.39, 0.29) is 17.2 Å². The number of benzene rings is 1. The fourth-order valence-electron chi connectivity index (χ4n) is 3.17. The van der Waals surface area contributed by atoms with Gasteiger partial charge in [0.2, 0.25) is 5.95 Å². The van der Waals surface area contributed by atoms with Crippen LogP contribution in [-0.2, 0) is 0 Å². The Morgan fingerprint density at radius 3 is 2.81 bits per heavy atom. The molecule has 158 valence electrons. The second kappa shape index (κ2) is 8.66. The highest BCUT2D eigenvalue weighted by Gasteiger charge is 2.16. The summed E-state index contributed by atoms with van der Waals surface area (Å²) in [5, 5.41) is 19.6. The van der Waals surface area contributed by atoms with Crippen LogP contribution in [0, 0.1) is 12.7 Å². The van der Waals surface area contributed by atoms with Crippen molar-refractivity contribution in [1.29, 1.82) is 0 Å². The second-order valence-electron chi connectivity index (χ2n) is 6.81. The highest BCUT2D eigenvalue weighted by atomic mass is 35.5. The molecule has 31 heavy (non-hydrogen) atoms. The summed E-state index contributed by atoms with van der Waals surface area (Å²) in [5.74, 6) is -0.205. The smallest absolute Gasteiger partial charge is 0.251 e. The molecule has 3 N–H and O–H groups in total. The molecule has 0 radical (unpaired) electrons. The van der Waals surface area contributed by atoms with Crippen LogP contribution in [0.3, 0.4) is 0 Å². The molecule has 0 spiro atoms. The molecular formula is C21H18ClFN6O2. The standard InChI is InChI=1S/C21H18ClFN6O2/c1-12-18(10-25-28-12)27-21-24-6-4-17(26-21)13-5-7-29(20(31)9-13)19(11-30)14-2-3-16(23)15(22)8-14/h2-10,19,30H,11H2,1H3,(H,25,28)(H,24,26,27).